The lowest BCUT2D eigenvalue weighted by Gasteiger charge is -2.27. The number of carbonyl (C=O) groups excluding carboxylic acids is 1. The highest BCUT2D eigenvalue weighted by Gasteiger charge is 2.28. The van der Waals surface area contributed by atoms with Gasteiger partial charge in [0, 0.05) is 0 Å². The van der Waals surface area contributed by atoms with E-state index in [9.17, 15) is 25.2 Å². The molecule has 52 heavy (non-hydrogen) atoms. The van der Waals surface area contributed by atoms with E-state index in [4.69, 9.17) is 0 Å². The number of hydrogen-bond acceptors (Lipinski definition) is 5. The molecule has 0 aliphatic carbocycles. The molecule has 5 N–H and O–H groups in total. The van der Waals surface area contributed by atoms with Crippen LogP contribution in [0.2, 0.25) is 0 Å². The average molecular weight is 740 g/mol. The van der Waals surface area contributed by atoms with Gasteiger partial charge >= 0.3 is 0 Å². The molecular formula is C46H93NO5. The molecule has 0 aromatic rings. The lowest BCUT2D eigenvalue weighted by molar-refractivity contribution is -0.132. The first-order valence-electron chi connectivity index (χ1n) is 23.4. The van der Waals surface area contributed by atoms with Crippen LogP contribution in [-0.4, -0.2) is 57.3 Å². The molecular weight excluding hydrogens is 647 g/mol. The fourth-order valence-corrected chi connectivity index (χ4v) is 7.58. The Hall–Kier alpha value is -0.690. The second-order valence-electron chi connectivity index (χ2n) is 16.5. The minimum Gasteiger partial charge on any atom is -0.394 e. The summed E-state index contributed by atoms with van der Waals surface area (Å²) in [6.45, 7) is 4.04. The van der Waals surface area contributed by atoms with Gasteiger partial charge in [-0.25, -0.2) is 0 Å². The summed E-state index contributed by atoms with van der Waals surface area (Å²) >= 11 is 0. The third kappa shape index (κ3) is 35.0. The smallest absolute Gasteiger partial charge is 0.249 e. The van der Waals surface area contributed by atoms with Crippen LogP contribution in [0, 0.1) is 0 Å². The summed E-state index contributed by atoms with van der Waals surface area (Å²) < 4.78 is 0. The van der Waals surface area contributed by atoms with Crippen molar-refractivity contribution in [3.63, 3.8) is 0 Å². The van der Waals surface area contributed by atoms with Crippen LogP contribution in [0.1, 0.15) is 258 Å². The molecule has 0 aromatic heterocycles. The van der Waals surface area contributed by atoms with E-state index in [-0.39, 0.29) is 0 Å². The predicted octanol–water partition coefficient (Wildman–Crippen LogP) is 12.4. The molecule has 0 bridgehead atoms. The summed E-state index contributed by atoms with van der Waals surface area (Å²) in [5.41, 5.74) is 0. The number of rotatable bonds is 43. The number of aliphatic hydroxyl groups is 4. The van der Waals surface area contributed by atoms with Crippen LogP contribution >= 0.6 is 0 Å². The van der Waals surface area contributed by atoms with Crippen molar-refractivity contribution >= 4 is 5.91 Å². The SMILES string of the molecule is CCCCCCCCCCCCCCCCCCCCCCCCCCCCCC(O)C(O)C(CO)NC(=O)C(O)CCCCCCCCCCC. The Labute approximate surface area is 324 Å². The predicted molar refractivity (Wildman–Crippen MR) is 224 cm³/mol. The number of hydrogen-bond donors (Lipinski definition) is 5. The number of carbonyl (C=O) groups is 1. The largest absolute Gasteiger partial charge is 0.394 e. The van der Waals surface area contributed by atoms with Crippen molar-refractivity contribution < 1.29 is 25.2 Å². The monoisotopic (exact) mass is 740 g/mol. The minimum atomic E-state index is -1.25. The molecule has 0 saturated carbocycles. The highest BCUT2D eigenvalue weighted by molar-refractivity contribution is 5.80. The Morgan fingerprint density at radius 2 is 0.654 bits per heavy atom. The zero-order chi connectivity index (χ0) is 38.2. The topological polar surface area (TPSA) is 110 Å². The molecule has 0 rings (SSSR count). The van der Waals surface area contributed by atoms with Gasteiger partial charge in [0.25, 0.3) is 0 Å². The van der Waals surface area contributed by atoms with E-state index in [1.807, 2.05) is 0 Å². The Kier molecular flexibility index (Phi) is 40.9. The Morgan fingerprint density at radius 1 is 0.404 bits per heavy atom. The van der Waals surface area contributed by atoms with Gasteiger partial charge in [0.15, 0.2) is 0 Å². The summed E-state index contributed by atoms with van der Waals surface area (Å²) in [7, 11) is 0. The van der Waals surface area contributed by atoms with Crippen LogP contribution in [0.5, 0.6) is 0 Å². The van der Waals surface area contributed by atoms with E-state index in [0.717, 1.165) is 38.5 Å². The highest BCUT2D eigenvalue weighted by Crippen LogP contribution is 2.18. The zero-order valence-corrected chi connectivity index (χ0v) is 35.1. The van der Waals surface area contributed by atoms with Gasteiger partial charge in [0.05, 0.1) is 18.8 Å². The van der Waals surface area contributed by atoms with Crippen LogP contribution < -0.4 is 5.32 Å². The first-order valence-corrected chi connectivity index (χ1v) is 23.4. The van der Waals surface area contributed by atoms with Crippen LogP contribution in [0.25, 0.3) is 0 Å². The van der Waals surface area contributed by atoms with Crippen molar-refractivity contribution in [2.45, 2.75) is 282 Å². The standard InChI is InChI=1S/C46H93NO5/c1-3-5-7-9-11-13-14-15-16-17-18-19-20-21-22-23-24-25-26-27-28-29-30-32-33-35-37-39-43(49)45(51)42(41-48)47-46(52)44(50)40-38-36-34-31-12-10-8-6-4-2/h42-45,48-51H,3-41H2,1-2H3,(H,47,52). The maximum Gasteiger partial charge on any atom is 0.249 e. The third-order valence-corrected chi connectivity index (χ3v) is 11.3. The summed E-state index contributed by atoms with van der Waals surface area (Å²) in [5.74, 6) is -0.583. The summed E-state index contributed by atoms with van der Waals surface area (Å²) in [6.07, 6.45) is 44.5. The molecule has 1 amide bonds. The van der Waals surface area contributed by atoms with Crippen molar-refractivity contribution in [2.24, 2.45) is 0 Å². The van der Waals surface area contributed by atoms with E-state index >= 15 is 0 Å². The van der Waals surface area contributed by atoms with E-state index in [2.05, 4.69) is 19.2 Å². The van der Waals surface area contributed by atoms with Crippen LogP contribution in [-0.2, 0) is 4.79 Å². The lowest BCUT2D eigenvalue weighted by Crippen LogP contribution is -2.53. The molecule has 6 heteroatoms. The Morgan fingerprint density at radius 3 is 0.923 bits per heavy atom. The number of aliphatic hydroxyl groups excluding tert-OH is 4. The minimum absolute atomic E-state index is 0.373. The number of amides is 1. The molecule has 0 aromatic carbocycles. The van der Waals surface area contributed by atoms with Crippen LogP contribution in [0.4, 0.5) is 0 Å². The quantitative estimate of drug-likeness (QED) is 0.0400. The molecule has 0 spiro atoms. The summed E-state index contributed by atoms with van der Waals surface area (Å²) in [6, 6.07) is -0.978. The maximum atomic E-state index is 12.4. The lowest BCUT2D eigenvalue weighted by atomic mass is 9.99. The van der Waals surface area contributed by atoms with Gasteiger partial charge in [-0.15, -0.1) is 0 Å². The van der Waals surface area contributed by atoms with E-state index in [0.29, 0.717) is 12.8 Å². The molecule has 0 aliphatic heterocycles. The Bertz CT molecular complexity index is 706. The van der Waals surface area contributed by atoms with E-state index < -0.39 is 36.9 Å². The van der Waals surface area contributed by atoms with Crippen molar-refractivity contribution in [1.82, 2.24) is 5.32 Å². The van der Waals surface area contributed by atoms with Gasteiger partial charge in [-0.05, 0) is 12.8 Å². The molecule has 0 heterocycles. The van der Waals surface area contributed by atoms with Gasteiger partial charge < -0.3 is 25.7 Å². The molecule has 4 unspecified atom stereocenters. The summed E-state index contributed by atoms with van der Waals surface area (Å²) in [4.78, 5) is 12.4. The van der Waals surface area contributed by atoms with Crippen LogP contribution in [0.3, 0.4) is 0 Å². The Balaban J connectivity index is 3.55. The zero-order valence-electron chi connectivity index (χ0n) is 35.1. The summed E-state index contributed by atoms with van der Waals surface area (Å²) in [5, 5.41) is 43.6. The van der Waals surface area contributed by atoms with Gasteiger partial charge in [0.1, 0.15) is 12.2 Å². The number of nitrogens with one attached hydrogen (secondary N) is 1. The van der Waals surface area contributed by atoms with Crippen LogP contribution in [0.15, 0.2) is 0 Å². The molecule has 0 aliphatic rings. The first kappa shape index (κ1) is 51.3. The second-order valence-corrected chi connectivity index (χ2v) is 16.5. The van der Waals surface area contributed by atoms with E-state index in [1.54, 1.807) is 0 Å². The molecule has 0 fully saturated rings. The number of unbranched alkanes of at least 4 members (excludes halogenated alkanes) is 34. The van der Waals surface area contributed by atoms with E-state index in [1.165, 1.54) is 193 Å². The maximum absolute atomic E-state index is 12.4. The molecule has 0 radical (unpaired) electrons. The fourth-order valence-electron chi connectivity index (χ4n) is 7.58. The van der Waals surface area contributed by atoms with Crippen molar-refractivity contribution in [1.29, 1.82) is 0 Å². The second kappa shape index (κ2) is 41.5. The molecule has 0 saturated heterocycles. The fraction of sp³-hybridized carbons (Fsp3) is 0.978. The molecule has 6 nitrogen and oxygen atoms in total. The van der Waals surface area contributed by atoms with Crippen molar-refractivity contribution in [3.8, 4) is 0 Å². The van der Waals surface area contributed by atoms with Gasteiger partial charge in [0.2, 0.25) is 5.91 Å². The highest BCUT2D eigenvalue weighted by atomic mass is 16.3. The third-order valence-electron chi connectivity index (χ3n) is 11.3. The van der Waals surface area contributed by atoms with Crippen molar-refractivity contribution in [3.05, 3.63) is 0 Å². The molecule has 312 valence electrons. The normalized spacial score (nSPS) is 14.0. The molecule has 4 atom stereocenters. The van der Waals surface area contributed by atoms with Gasteiger partial charge in [-0.2, -0.15) is 0 Å². The van der Waals surface area contributed by atoms with Gasteiger partial charge in [-0.3, -0.25) is 4.79 Å². The average Bonchev–Trinajstić information content (AvgIpc) is 3.15. The first-order chi connectivity index (χ1) is 25.5. The van der Waals surface area contributed by atoms with Gasteiger partial charge in [-0.1, -0.05) is 245 Å². The van der Waals surface area contributed by atoms with Crippen molar-refractivity contribution in [2.75, 3.05) is 6.61 Å².